The molecule has 0 aromatic carbocycles. The number of aromatic nitrogens is 2. The summed E-state index contributed by atoms with van der Waals surface area (Å²) in [5.41, 5.74) is 1.56. The van der Waals surface area contributed by atoms with Crippen LogP contribution in [-0.4, -0.2) is 21.4 Å². The van der Waals surface area contributed by atoms with E-state index in [0.29, 0.717) is 0 Å². The second-order valence-electron chi connectivity index (χ2n) is 1.65. The molecule has 0 bridgehead atoms. The SMILES string of the molecule is Cc1nc[nH]c1C=NO. The quantitative estimate of drug-likeness (QED) is 0.326. The largest absolute Gasteiger partial charge is 0.411 e. The van der Waals surface area contributed by atoms with Gasteiger partial charge >= 0.3 is 0 Å². The Morgan fingerprint density at radius 3 is 3.11 bits per heavy atom. The molecule has 0 saturated heterocycles. The molecule has 1 rings (SSSR count). The number of rotatable bonds is 1. The lowest BCUT2D eigenvalue weighted by atomic mass is 10.4. The van der Waals surface area contributed by atoms with Crippen LogP contribution in [0.25, 0.3) is 0 Å². The fourth-order valence-corrected chi connectivity index (χ4v) is 0.561. The molecule has 2 N–H and O–H groups in total. The molecule has 4 nitrogen and oxygen atoms in total. The van der Waals surface area contributed by atoms with Gasteiger partial charge in [0.2, 0.25) is 0 Å². The molecule has 0 spiro atoms. The predicted octanol–water partition coefficient (Wildman–Crippen LogP) is 0.526. The van der Waals surface area contributed by atoms with Crippen LogP contribution in [0.5, 0.6) is 0 Å². The Hall–Kier alpha value is -1.32. The van der Waals surface area contributed by atoms with Crippen molar-refractivity contribution in [3.8, 4) is 0 Å². The molecule has 0 aliphatic carbocycles. The standard InChI is InChI=1S/C5H7N3O/c1-4-5(2-8-9)7-3-6-4/h2-3,9H,1H3,(H,6,7). The van der Waals surface area contributed by atoms with Crippen LogP contribution in [0.2, 0.25) is 0 Å². The van der Waals surface area contributed by atoms with Gasteiger partial charge in [-0.3, -0.25) is 0 Å². The minimum absolute atomic E-state index is 0.734. The number of hydrogen-bond acceptors (Lipinski definition) is 3. The number of aryl methyl sites for hydroxylation is 1. The van der Waals surface area contributed by atoms with Crippen LogP contribution < -0.4 is 0 Å². The molecule has 0 fully saturated rings. The molecule has 0 radical (unpaired) electrons. The fourth-order valence-electron chi connectivity index (χ4n) is 0.561. The number of nitrogens with zero attached hydrogens (tertiary/aromatic N) is 2. The topological polar surface area (TPSA) is 61.3 Å². The Labute approximate surface area is 52.2 Å². The maximum Gasteiger partial charge on any atom is 0.0928 e. The lowest BCUT2D eigenvalue weighted by Gasteiger charge is -1.82. The molecule has 1 heterocycles. The van der Waals surface area contributed by atoms with E-state index in [1.165, 1.54) is 6.21 Å². The number of nitrogens with one attached hydrogen (secondary N) is 1. The van der Waals surface area contributed by atoms with Crippen molar-refractivity contribution in [2.24, 2.45) is 5.16 Å². The smallest absolute Gasteiger partial charge is 0.0928 e. The van der Waals surface area contributed by atoms with Crippen molar-refractivity contribution in [3.05, 3.63) is 17.7 Å². The van der Waals surface area contributed by atoms with Gasteiger partial charge in [0, 0.05) is 0 Å². The molecule has 0 saturated carbocycles. The second-order valence-corrected chi connectivity index (χ2v) is 1.65. The van der Waals surface area contributed by atoms with Crippen LogP contribution in [0, 0.1) is 6.92 Å². The molecule has 1 aromatic heterocycles. The van der Waals surface area contributed by atoms with Crippen molar-refractivity contribution in [2.75, 3.05) is 0 Å². The van der Waals surface area contributed by atoms with Gasteiger partial charge < -0.3 is 10.2 Å². The Kier molecular flexibility index (Phi) is 1.48. The molecular formula is C5H7N3O. The van der Waals surface area contributed by atoms with E-state index in [9.17, 15) is 0 Å². The monoisotopic (exact) mass is 125 g/mol. The van der Waals surface area contributed by atoms with Crippen LogP contribution in [-0.2, 0) is 0 Å². The van der Waals surface area contributed by atoms with Gasteiger partial charge in [-0.15, -0.1) is 0 Å². The van der Waals surface area contributed by atoms with Crippen molar-refractivity contribution >= 4 is 6.21 Å². The first kappa shape index (κ1) is 5.81. The van der Waals surface area contributed by atoms with Crippen molar-refractivity contribution in [1.82, 2.24) is 9.97 Å². The minimum Gasteiger partial charge on any atom is -0.411 e. The van der Waals surface area contributed by atoms with E-state index >= 15 is 0 Å². The van der Waals surface area contributed by atoms with Gasteiger partial charge in [-0.2, -0.15) is 0 Å². The van der Waals surface area contributed by atoms with E-state index in [-0.39, 0.29) is 0 Å². The summed E-state index contributed by atoms with van der Waals surface area (Å²) in [6.45, 7) is 1.83. The third-order valence-corrected chi connectivity index (χ3v) is 1.05. The third-order valence-electron chi connectivity index (χ3n) is 1.05. The van der Waals surface area contributed by atoms with Gasteiger partial charge in [0.25, 0.3) is 0 Å². The summed E-state index contributed by atoms with van der Waals surface area (Å²) in [7, 11) is 0. The Balaban J connectivity index is 2.94. The maximum atomic E-state index is 8.08. The Morgan fingerprint density at radius 1 is 1.89 bits per heavy atom. The summed E-state index contributed by atoms with van der Waals surface area (Å²) in [6.07, 6.45) is 2.86. The highest BCUT2D eigenvalue weighted by Gasteiger charge is 1.93. The summed E-state index contributed by atoms with van der Waals surface area (Å²) in [4.78, 5) is 6.66. The van der Waals surface area contributed by atoms with Crippen LogP contribution >= 0.6 is 0 Å². The number of oxime groups is 1. The number of imidazole rings is 1. The van der Waals surface area contributed by atoms with Crippen molar-refractivity contribution < 1.29 is 5.21 Å². The number of H-pyrrole nitrogens is 1. The molecule has 0 unspecified atom stereocenters. The zero-order chi connectivity index (χ0) is 6.69. The molecule has 48 valence electrons. The first-order chi connectivity index (χ1) is 4.34. The molecule has 0 aliphatic rings. The van der Waals surface area contributed by atoms with E-state index in [1.54, 1.807) is 6.33 Å². The molecular weight excluding hydrogens is 118 g/mol. The minimum atomic E-state index is 0.734. The fraction of sp³-hybridized carbons (Fsp3) is 0.200. The predicted molar refractivity (Wildman–Crippen MR) is 32.7 cm³/mol. The summed E-state index contributed by atoms with van der Waals surface area (Å²) >= 11 is 0. The van der Waals surface area contributed by atoms with Gasteiger partial charge in [0.05, 0.1) is 23.9 Å². The van der Waals surface area contributed by atoms with Gasteiger partial charge in [0.15, 0.2) is 0 Å². The highest BCUT2D eigenvalue weighted by atomic mass is 16.4. The van der Waals surface area contributed by atoms with E-state index in [1.807, 2.05) is 6.92 Å². The van der Waals surface area contributed by atoms with Crippen LogP contribution in [0.3, 0.4) is 0 Å². The lowest BCUT2D eigenvalue weighted by molar-refractivity contribution is 0.321. The first-order valence-electron chi connectivity index (χ1n) is 2.52. The average molecular weight is 125 g/mol. The maximum absolute atomic E-state index is 8.08. The van der Waals surface area contributed by atoms with Crippen molar-refractivity contribution in [2.45, 2.75) is 6.92 Å². The van der Waals surface area contributed by atoms with E-state index in [4.69, 9.17) is 5.21 Å². The summed E-state index contributed by atoms with van der Waals surface area (Å²) in [5, 5.41) is 10.9. The van der Waals surface area contributed by atoms with Crippen LogP contribution in [0.4, 0.5) is 0 Å². The summed E-state index contributed by atoms with van der Waals surface area (Å²) < 4.78 is 0. The molecule has 0 atom stereocenters. The molecule has 0 amide bonds. The highest BCUT2D eigenvalue weighted by Crippen LogP contribution is 1.94. The Morgan fingerprint density at radius 2 is 2.67 bits per heavy atom. The van der Waals surface area contributed by atoms with Gasteiger partial charge in [-0.05, 0) is 6.92 Å². The molecule has 4 heteroatoms. The molecule has 9 heavy (non-hydrogen) atoms. The average Bonchev–Trinajstić information content (AvgIpc) is 2.18. The van der Waals surface area contributed by atoms with Crippen molar-refractivity contribution in [1.29, 1.82) is 0 Å². The zero-order valence-corrected chi connectivity index (χ0v) is 5.00. The Bertz CT molecular complexity index is 216. The summed E-state index contributed by atoms with van der Waals surface area (Å²) in [6, 6.07) is 0. The number of aromatic amines is 1. The normalized spacial score (nSPS) is 10.8. The second kappa shape index (κ2) is 2.30. The van der Waals surface area contributed by atoms with Crippen molar-refractivity contribution in [3.63, 3.8) is 0 Å². The summed E-state index contributed by atoms with van der Waals surface area (Å²) in [5.74, 6) is 0. The van der Waals surface area contributed by atoms with E-state index in [2.05, 4.69) is 15.1 Å². The molecule has 0 aliphatic heterocycles. The number of hydrogen-bond donors (Lipinski definition) is 2. The zero-order valence-electron chi connectivity index (χ0n) is 5.00. The lowest BCUT2D eigenvalue weighted by Crippen LogP contribution is -1.83. The highest BCUT2D eigenvalue weighted by molar-refractivity contribution is 5.77. The first-order valence-corrected chi connectivity index (χ1v) is 2.52. The van der Waals surface area contributed by atoms with E-state index < -0.39 is 0 Å². The molecule has 1 aromatic rings. The van der Waals surface area contributed by atoms with Gasteiger partial charge in [0.1, 0.15) is 0 Å². The van der Waals surface area contributed by atoms with Gasteiger partial charge in [-0.25, -0.2) is 4.98 Å². The van der Waals surface area contributed by atoms with Gasteiger partial charge in [-0.1, -0.05) is 5.16 Å². The van der Waals surface area contributed by atoms with E-state index in [0.717, 1.165) is 11.4 Å². The van der Waals surface area contributed by atoms with Crippen LogP contribution in [0.1, 0.15) is 11.4 Å². The third kappa shape index (κ3) is 1.07. The van der Waals surface area contributed by atoms with Crippen LogP contribution in [0.15, 0.2) is 11.5 Å².